The molecule has 0 saturated carbocycles. The van der Waals surface area contributed by atoms with Crippen LogP contribution in [0.4, 0.5) is 28.8 Å². The standard InChI is InChI=1S/C18H16F3N7OS/c19-18(20,21)9-24-17(29)25-12-3-1-2-10(6-12)13-8-23-14-7-11(4-5-28(13)14)15-26-27-16(22)30-15/h1-7,13H,8-9H2,(H2,22,27)(H2,24,25,29). The van der Waals surface area contributed by atoms with Gasteiger partial charge in [-0.05, 0) is 29.8 Å². The molecule has 30 heavy (non-hydrogen) atoms. The van der Waals surface area contributed by atoms with Crippen LogP contribution >= 0.6 is 11.3 Å². The summed E-state index contributed by atoms with van der Waals surface area (Å²) in [5.74, 6) is 0.757. The molecule has 2 aromatic rings. The van der Waals surface area contributed by atoms with Crippen LogP contribution in [-0.4, -0.2) is 46.2 Å². The van der Waals surface area contributed by atoms with Gasteiger partial charge in [0.15, 0.2) is 0 Å². The molecule has 2 amide bonds. The summed E-state index contributed by atoms with van der Waals surface area (Å²) in [4.78, 5) is 18.2. The molecule has 0 spiro atoms. The third-order valence-corrected chi connectivity index (χ3v) is 5.19. The van der Waals surface area contributed by atoms with Crippen molar-refractivity contribution in [1.82, 2.24) is 20.4 Å². The summed E-state index contributed by atoms with van der Waals surface area (Å²) in [6.07, 6.45) is 1.21. The lowest BCUT2D eigenvalue weighted by Gasteiger charge is -2.26. The number of nitrogens with two attached hydrogens (primary N) is 1. The number of nitrogen functional groups attached to an aromatic ring is 1. The monoisotopic (exact) mass is 435 g/mol. The number of carbonyl (C=O) groups is 1. The number of nitrogens with zero attached hydrogens (tertiary/aromatic N) is 4. The molecule has 4 N–H and O–H groups in total. The quantitative estimate of drug-likeness (QED) is 0.684. The van der Waals surface area contributed by atoms with Gasteiger partial charge < -0.3 is 21.3 Å². The smallest absolute Gasteiger partial charge is 0.374 e. The van der Waals surface area contributed by atoms with E-state index in [1.165, 1.54) is 11.3 Å². The second kappa shape index (κ2) is 7.78. The molecule has 0 aliphatic carbocycles. The van der Waals surface area contributed by atoms with Crippen molar-refractivity contribution in [3.63, 3.8) is 0 Å². The molecule has 156 valence electrons. The Kier molecular flexibility index (Phi) is 5.16. The Labute approximate surface area is 173 Å². The maximum absolute atomic E-state index is 12.2. The SMILES string of the molecule is Nc1nnc(C2=CC3=NCC(c4cccc(NC(=O)NCC(F)(F)F)c4)N3C=C2)s1. The Balaban J connectivity index is 1.44. The number of halogens is 3. The van der Waals surface area contributed by atoms with Gasteiger partial charge in [-0.15, -0.1) is 10.2 Å². The molecule has 2 aliphatic rings. The third-order valence-electron chi connectivity index (χ3n) is 4.39. The molecular weight excluding hydrogens is 419 g/mol. The van der Waals surface area contributed by atoms with E-state index in [4.69, 9.17) is 5.73 Å². The fourth-order valence-electron chi connectivity index (χ4n) is 3.09. The molecule has 12 heteroatoms. The average Bonchev–Trinajstić information content (AvgIpc) is 3.32. The number of urea groups is 1. The lowest BCUT2D eigenvalue weighted by molar-refractivity contribution is -0.122. The number of benzene rings is 1. The van der Waals surface area contributed by atoms with Crippen molar-refractivity contribution < 1.29 is 18.0 Å². The first-order valence-electron chi connectivity index (χ1n) is 8.82. The van der Waals surface area contributed by atoms with Crippen molar-refractivity contribution >= 4 is 39.6 Å². The van der Waals surface area contributed by atoms with Gasteiger partial charge >= 0.3 is 12.2 Å². The van der Waals surface area contributed by atoms with Gasteiger partial charge in [0.2, 0.25) is 5.13 Å². The van der Waals surface area contributed by atoms with Crippen LogP contribution in [0.1, 0.15) is 16.6 Å². The van der Waals surface area contributed by atoms with Crippen LogP contribution in [0.2, 0.25) is 0 Å². The number of amides is 2. The molecule has 0 bridgehead atoms. The van der Waals surface area contributed by atoms with Gasteiger partial charge in [-0.2, -0.15) is 13.2 Å². The fraction of sp³-hybridized carbons (Fsp3) is 0.222. The highest BCUT2D eigenvalue weighted by molar-refractivity contribution is 7.16. The van der Waals surface area contributed by atoms with Gasteiger partial charge in [0.1, 0.15) is 17.4 Å². The van der Waals surface area contributed by atoms with E-state index in [-0.39, 0.29) is 6.04 Å². The lowest BCUT2D eigenvalue weighted by atomic mass is 10.0. The number of carbonyl (C=O) groups excluding carboxylic acids is 1. The average molecular weight is 435 g/mol. The number of alkyl halides is 3. The van der Waals surface area contributed by atoms with Gasteiger partial charge in [-0.25, -0.2) is 4.79 Å². The summed E-state index contributed by atoms with van der Waals surface area (Å²) < 4.78 is 36.7. The molecule has 0 saturated heterocycles. The minimum Gasteiger partial charge on any atom is -0.374 e. The molecule has 0 fully saturated rings. The number of hydrogen-bond acceptors (Lipinski definition) is 7. The van der Waals surface area contributed by atoms with E-state index in [1.54, 1.807) is 23.5 Å². The van der Waals surface area contributed by atoms with E-state index in [0.717, 1.165) is 17.0 Å². The van der Waals surface area contributed by atoms with Crippen LogP contribution in [-0.2, 0) is 0 Å². The molecule has 0 radical (unpaired) electrons. The van der Waals surface area contributed by atoms with Crippen molar-refractivity contribution in [2.45, 2.75) is 12.2 Å². The maximum Gasteiger partial charge on any atom is 0.405 e. The van der Waals surface area contributed by atoms with Crippen LogP contribution in [0.25, 0.3) is 5.57 Å². The third kappa shape index (κ3) is 4.43. The number of aliphatic imine (C=N–C) groups is 1. The summed E-state index contributed by atoms with van der Waals surface area (Å²) in [5, 5.41) is 13.1. The fourth-order valence-corrected chi connectivity index (χ4v) is 3.69. The number of rotatable bonds is 4. The molecule has 2 aliphatic heterocycles. The lowest BCUT2D eigenvalue weighted by Crippen LogP contribution is -2.36. The second-order valence-corrected chi connectivity index (χ2v) is 7.54. The molecule has 4 rings (SSSR count). The van der Waals surface area contributed by atoms with E-state index in [1.807, 2.05) is 29.3 Å². The van der Waals surface area contributed by atoms with Gasteiger partial charge in [0, 0.05) is 17.5 Å². The van der Waals surface area contributed by atoms with E-state index < -0.39 is 18.8 Å². The number of hydrogen-bond donors (Lipinski definition) is 3. The van der Waals surface area contributed by atoms with Crippen molar-refractivity contribution in [2.75, 3.05) is 24.1 Å². The molecular formula is C18H16F3N7OS. The number of amidine groups is 1. The highest BCUT2D eigenvalue weighted by atomic mass is 32.1. The summed E-state index contributed by atoms with van der Waals surface area (Å²) in [6, 6.07) is 5.90. The molecule has 1 atom stereocenters. The molecule has 1 aromatic carbocycles. The minimum absolute atomic E-state index is 0.103. The zero-order valence-electron chi connectivity index (χ0n) is 15.3. The van der Waals surface area contributed by atoms with Crippen molar-refractivity contribution in [3.8, 4) is 0 Å². The van der Waals surface area contributed by atoms with Gasteiger partial charge in [-0.3, -0.25) is 4.99 Å². The predicted octanol–water partition coefficient (Wildman–Crippen LogP) is 3.17. The number of nitrogens with one attached hydrogen (secondary N) is 2. The highest BCUT2D eigenvalue weighted by Gasteiger charge is 2.30. The Morgan fingerprint density at radius 1 is 1.33 bits per heavy atom. The Bertz CT molecular complexity index is 1060. The van der Waals surface area contributed by atoms with Gasteiger partial charge in [0.05, 0.1) is 12.6 Å². The van der Waals surface area contributed by atoms with Crippen molar-refractivity contribution in [3.05, 3.63) is 53.2 Å². The van der Waals surface area contributed by atoms with Crippen LogP contribution in [0.5, 0.6) is 0 Å². The summed E-state index contributed by atoms with van der Waals surface area (Å²) in [5.41, 5.74) is 7.76. The number of allylic oxidation sites excluding steroid dienone is 2. The van der Waals surface area contributed by atoms with Crippen LogP contribution in [0, 0.1) is 0 Å². The Morgan fingerprint density at radius 2 is 2.17 bits per heavy atom. The van der Waals surface area contributed by atoms with Crippen LogP contribution < -0.4 is 16.4 Å². The van der Waals surface area contributed by atoms with E-state index >= 15 is 0 Å². The van der Waals surface area contributed by atoms with Gasteiger partial charge in [-0.1, -0.05) is 23.5 Å². The maximum atomic E-state index is 12.2. The number of fused-ring (bicyclic) bond motifs is 1. The topological polar surface area (TPSA) is 109 Å². The molecule has 1 aromatic heterocycles. The number of aromatic nitrogens is 2. The first kappa shape index (κ1) is 19.9. The Hall–Kier alpha value is -3.41. The largest absolute Gasteiger partial charge is 0.405 e. The Morgan fingerprint density at radius 3 is 2.90 bits per heavy atom. The zero-order valence-corrected chi connectivity index (χ0v) is 16.2. The number of anilines is 2. The van der Waals surface area contributed by atoms with E-state index in [9.17, 15) is 18.0 Å². The predicted molar refractivity (Wildman–Crippen MR) is 108 cm³/mol. The first-order chi connectivity index (χ1) is 14.3. The summed E-state index contributed by atoms with van der Waals surface area (Å²) >= 11 is 1.28. The van der Waals surface area contributed by atoms with Crippen LogP contribution in [0.3, 0.4) is 0 Å². The summed E-state index contributed by atoms with van der Waals surface area (Å²) in [6.45, 7) is -0.905. The minimum atomic E-state index is -4.47. The molecule has 3 heterocycles. The highest BCUT2D eigenvalue weighted by Crippen LogP contribution is 2.33. The van der Waals surface area contributed by atoms with E-state index in [2.05, 4.69) is 20.5 Å². The van der Waals surface area contributed by atoms with Crippen LogP contribution in [0.15, 0.2) is 47.6 Å². The molecule has 8 nitrogen and oxygen atoms in total. The van der Waals surface area contributed by atoms with Gasteiger partial charge in [0.25, 0.3) is 0 Å². The van der Waals surface area contributed by atoms with Crippen molar-refractivity contribution in [1.29, 1.82) is 0 Å². The normalized spacial score (nSPS) is 18.0. The van der Waals surface area contributed by atoms with Crippen molar-refractivity contribution in [2.24, 2.45) is 4.99 Å². The first-order valence-corrected chi connectivity index (χ1v) is 9.64. The molecule has 1 unspecified atom stereocenters. The van der Waals surface area contributed by atoms with E-state index in [0.29, 0.717) is 22.4 Å². The second-order valence-electron chi connectivity index (χ2n) is 6.53. The summed E-state index contributed by atoms with van der Waals surface area (Å²) in [7, 11) is 0. The zero-order chi connectivity index (χ0) is 21.3.